The molecule has 1 atom stereocenters. The summed E-state index contributed by atoms with van der Waals surface area (Å²) in [4.78, 5) is 13.2. The lowest BCUT2D eigenvalue weighted by molar-refractivity contribution is 0.415. The number of anilines is 1. The van der Waals surface area contributed by atoms with Gasteiger partial charge in [0.15, 0.2) is 5.96 Å². The fraction of sp³-hybridized carbons (Fsp3) is 0.545. The van der Waals surface area contributed by atoms with Gasteiger partial charge in [0.1, 0.15) is 5.75 Å². The molecular formula is C22H34IN5OS. The summed E-state index contributed by atoms with van der Waals surface area (Å²) in [6.07, 6.45) is 2.97. The molecular weight excluding hydrogens is 509 g/mol. The third-order valence-corrected chi connectivity index (χ3v) is 6.24. The van der Waals surface area contributed by atoms with Crippen molar-refractivity contribution in [2.45, 2.75) is 46.1 Å². The Balaban J connectivity index is 0.00000320. The van der Waals surface area contributed by atoms with Gasteiger partial charge in [0, 0.05) is 43.5 Å². The zero-order valence-electron chi connectivity index (χ0n) is 18.4. The number of nitrogens with zero attached hydrogens (tertiary/aromatic N) is 3. The molecule has 0 amide bonds. The van der Waals surface area contributed by atoms with Crippen molar-refractivity contribution < 1.29 is 4.74 Å². The Morgan fingerprint density at radius 3 is 2.83 bits per heavy atom. The van der Waals surface area contributed by atoms with Gasteiger partial charge in [-0.3, -0.25) is 4.99 Å². The number of hydrogen-bond donors (Lipinski definition) is 2. The van der Waals surface area contributed by atoms with Crippen LogP contribution in [-0.4, -0.2) is 50.3 Å². The number of aromatic nitrogens is 1. The van der Waals surface area contributed by atoms with Crippen LogP contribution in [0.15, 0.2) is 29.3 Å². The van der Waals surface area contributed by atoms with E-state index >= 15 is 0 Å². The van der Waals surface area contributed by atoms with Crippen LogP contribution in [0.4, 0.5) is 5.69 Å². The molecule has 2 heterocycles. The normalized spacial score (nSPS) is 16.3. The molecule has 8 heteroatoms. The molecule has 0 radical (unpaired) electrons. The second-order valence-corrected chi connectivity index (χ2v) is 8.51. The SMILES string of the molecule is CCNC(=NCCc1nc(CC)c(C)s1)NC1CCN(c2ccccc2OC)C1.I. The first kappa shape index (κ1) is 24.7. The number of hydrogen-bond acceptors (Lipinski definition) is 5. The maximum absolute atomic E-state index is 5.52. The third-order valence-electron chi connectivity index (χ3n) is 5.17. The molecule has 0 aliphatic carbocycles. The molecule has 1 saturated heterocycles. The molecule has 6 nitrogen and oxygen atoms in total. The van der Waals surface area contributed by atoms with Crippen LogP contribution in [0.1, 0.15) is 35.8 Å². The summed E-state index contributed by atoms with van der Waals surface area (Å²) < 4.78 is 5.52. The Morgan fingerprint density at radius 2 is 2.13 bits per heavy atom. The van der Waals surface area contributed by atoms with E-state index in [0.29, 0.717) is 6.04 Å². The molecule has 1 fully saturated rings. The quantitative estimate of drug-likeness (QED) is 0.299. The maximum atomic E-state index is 5.52. The van der Waals surface area contributed by atoms with Gasteiger partial charge in [-0.25, -0.2) is 4.98 Å². The highest BCUT2D eigenvalue weighted by Crippen LogP contribution is 2.30. The van der Waals surface area contributed by atoms with Crippen LogP contribution in [0, 0.1) is 6.92 Å². The number of methoxy groups -OCH3 is 1. The summed E-state index contributed by atoms with van der Waals surface area (Å²) in [5.74, 6) is 1.82. The molecule has 0 spiro atoms. The Morgan fingerprint density at radius 1 is 1.33 bits per heavy atom. The van der Waals surface area contributed by atoms with Crippen molar-refractivity contribution >= 4 is 47.0 Å². The molecule has 2 aromatic rings. The topological polar surface area (TPSA) is 61.8 Å². The Bertz CT molecular complexity index is 826. The zero-order valence-corrected chi connectivity index (χ0v) is 21.5. The Hall–Kier alpha value is -1.55. The summed E-state index contributed by atoms with van der Waals surface area (Å²) in [7, 11) is 1.73. The van der Waals surface area contributed by atoms with E-state index in [9.17, 15) is 0 Å². The van der Waals surface area contributed by atoms with E-state index in [1.54, 1.807) is 18.4 Å². The van der Waals surface area contributed by atoms with Gasteiger partial charge in [0.2, 0.25) is 0 Å². The highest BCUT2D eigenvalue weighted by molar-refractivity contribution is 14.0. The highest BCUT2D eigenvalue weighted by Gasteiger charge is 2.25. The monoisotopic (exact) mass is 543 g/mol. The number of guanidine groups is 1. The second-order valence-electron chi connectivity index (χ2n) is 7.22. The van der Waals surface area contributed by atoms with Crippen LogP contribution in [0.3, 0.4) is 0 Å². The number of thiazole rings is 1. The van der Waals surface area contributed by atoms with E-state index in [1.165, 1.54) is 15.6 Å². The van der Waals surface area contributed by atoms with Gasteiger partial charge >= 0.3 is 0 Å². The van der Waals surface area contributed by atoms with Crippen molar-refractivity contribution in [3.05, 3.63) is 39.8 Å². The lowest BCUT2D eigenvalue weighted by Gasteiger charge is -2.22. The van der Waals surface area contributed by atoms with Crippen molar-refractivity contribution in [2.24, 2.45) is 4.99 Å². The van der Waals surface area contributed by atoms with Gasteiger partial charge in [-0.05, 0) is 38.8 Å². The van der Waals surface area contributed by atoms with E-state index in [0.717, 1.165) is 62.8 Å². The number of benzene rings is 1. The molecule has 1 aliphatic rings. The van der Waals surface area contributed by atoms with Crippen LogP contribution in [-0.2, 0) is 12.8 Å². The highest BCUT2D eigenvalue weighted by atomic mass is 127. The summed E-state index contributed by atoms with van der Waals surface area (Å²) in [6.45, 7) is 9.96. The number of rotatable bonds is 8. The van der Waals surface area contributed by atoms with Crippen LogP contribution in [0.25, 0.3) is 0 Å². The average molecular weight is 544 g/mol. The molecule has 166 valence electrons. The van der Waals surface area contributed by atoms with Crippen molar-refractivity contribution in [3.63, 3.8) is 0 Å². The van der Waals surface area contributed by atoms with E-state index in [4.69, 9.17) is 14.7 Å². The fourth-order valence-electron chi connectivity index (χ4n) is 3.69. The summed E-state index contributed by atoms with van der Waals surface area (Å²) in [5, 5.41) is 8.17. The predicted octanol–water partition coefficient (Wildman–Crippen LogP) is 4.02. The molecule has 1 unspecified atom stereocenters. The first-order chi connectivity index (χ1) is 14.1. The van der Waals surface area contributed by atoms with E-state index in [-0.39, 0.29) is 24.0 Å². The number of para-hydroxylation sites is 2. The van der Waals surface area contributed by atoms with Crippen molar-refractivity contribution in [3.8, 4) is 5.75 Å². The van der Waals surface area contributed by atoms with Crippen LogP contribution in [0.2, 0.25) is 0 Å². The minimum atomic E-state index is 0. The minimum absolute atomic E-state index is 0. The van der Waals surface area contributed by atoms with Gasteiger partial charge in [0.25, 0.3) is 0 Å². The molecule has 0 bridgehead atoms. The zero-order chi connectivity index (χ0) is 20.6. The summed E-state index contributed by atoms with van der Waals surface area (Å²) in [5.41, 5.74) is 2.38. The van der Waals surface area contributed by atoms with Crippen LogP contribution < -0.4 is 20.3 Å². The minimum Gasteiger partial charge on any atom is -0.495 e. The molecule has 3 rings (SSSR count). The fourth-order valence-corrected chi connectivity index (χ4v) is 4.70. The second kappa shape index (κ2) is 12.3. The van der Waals surface area contributed by atoms with Gasteiger partial charge < -0.3 is 20.3 Å². The third kappa shape index (κ3) is 6.47. The number of nitrogens with one attached hydrogen (secondary N) is 2. The predicted molar refractivity (Wildman–Crippen MR) is 138 cm³/mol. The molecule has 1 aromatic carbocycles. The average Bonchev–Trinajstić information content (AvgIpc) is 3.34. The van der Waals surface area contributed by atoms with E-state index in [1.807, 2.05) is 12.1 Å². The standard InChI is InChI=1S/C22H33N5OS.HI/c1-5-18-16(3)29-21(26-18)11-13-24-22(23-6-2)25-17-12-14-27(15-17)19-9-7-8-10-20(19)28-4;/h7-10,17H,5-6,11-15H2,1-4H3,(H2,23,24,25);1H. The number of halogens is 1. The smallest absolute Gasteiger partial charge is 0.191 e. The molecule has 2 N–H and O–H groups in total. The Kier molecular flexibility index (Phi) is 10.2. The first-order valence-electron chi connectivity index (χ1n) is 10.5. The molecule has 1 aromatic heterocycles. The Labute approximate surface area is 201 Å². The lowest BCUT2D eigenvalue weighted by Crippen LogP contribution is -2.44. The number of aryl methyl sites for hydroxylation is 2. The summed E-state index contributed by atoms with van der Waals surface area (Å²) in [6, 6.07) is 8.59. The van der Waals surface area contributed by atoms with Gasteiger partial charge in [-0.1, -0.05) is 19.1 Å². The number of aliphatic imine (C=N–C) groups is 1. The molecule has 1 aliphatic heterocycles. The van der Waals surface area contributed by atoms with Crippen molar-refractivity contribution in [1.29, 1.82) is 0 Å². The summed E-state index contributed by atoms with van der Waals surface area (Å²) >= 11 is 1.80. The van der Waals surface area contributed by atoms with Crippen LogP contribution >= 0.6 is 35.3 Å². The maximum Gasteiger partial charge on any atom is 0.191 e. The number of ether oxygens (including phenoxy) is 1. The molecule has 0 saturated carbocycles. The van der Waals surface area contributed by atoms with Gasteiger partial charge in [-0.15, -0.1) is 35.3 Å². The van der Waals surface area contributed by atoms with Gasteiger partial charge in [-0.2, -0.15) is 0 Å². The van der Waals surface area contributed by atoms with Crippen LogP contribution in [0.5, 0.6) is 5.75 Å². The van der Waals surface area contributed by atoms with E-state index in [2.05, 4.69) is 48.4 Å². The van der Waals surface area contributed by atoms with Crippen molar-refractivity contribution in [1.82, 2.24) is 15.6 Å². The molecule has 30 heavy (non-hydrogen) atoms. The first-order valence-corrected chi connectivity index (χ1v) is 11.3. The van der Waals surface area contributed by atoms with Gasteiger partial charge in [0.05, 0.1) is 23.5 Å². The largest absolute Gasteiger partial charge is 0.495 e. The van der Waals surface area contributed by atoms with Crippen molar-refractivity contribution in [2.75, 3.05) is 38.2 Å². The lowest BCUT2D eigenvalue weighted by atomic mass is 10.2. The van der Waals surface area contributed by atoms with E-state index < -0.39 is 0 Å².